The van der Waals surface area contributed by atoms with E-state index in [0.717, 1.165) is 25.9 Å². The summed E-state index contributed by atoms with van der Waals surface area (Å²) in [5, 5.41) is 6.40. The lowest BCUT2D eigenvalue weighted by atomic mass is 10.1. The Morgan fingerprint density at radius 1 is 1.35 bits per heavy atom. The molecule has 3 rings (SSSR count). The van der Waals surface area contributed by atoms with Gasteiger partial charge < -0.3 is 14.4 Å². The number of alkyl halides is 2. The van der Waals surface area contributed by atoms with Crippen LogP contribution < -0.4 is 9.64 Å². The molecule has 1 aromatic rings. The first-order chi connectivity index (χ1) is 11.1. The number of H-pyrrole nitrogens is 1. The van der Waals surface area contributed by atoms with E-state index in [1.165, 1.54) is 6.07 Å². The van der Waals surface area contributed by atoms with Crippen LogP contribution in [0.25, 0.3) is 0 Å². The van der Waals surface area contributed by atoms with E-state index in [1.807, 2.05) is 0 Å². The summed E-state index contributed by atoms with van der Waals surface area (Å²) in [6, 6.07) is 1.41. The Bertz CT molecular complexity index is 581. The van der Waals surface area contributed by atoms with Gasteiger partial charge in [-0.1, -0.05) is 0 Å². The number of aromatic nitrogens is 2. The van der Waals surface area contributed by atoms with E-state index in [0.29, 0.717) is 18.2 Å². The fourth-order valence-electron chi connectivity index (χ4n) is 2.57. The largest absolute Gasteiger partial charge is 0.474 e. The van der Waals surface area contributed by atoms with Crippen molar-refractivity contribution in [1.29, 1.82) is 0 Å². The number of aromatic amines is 1. The second kappa shape index (κ2) is 6.95. The SMILES string of the molecule is CN1CCC(OC2=CN=CCN2c2cc(OC(F)F)n[nH]2)CC1. The van der Waals surface area contributed by atoms with Crippen LogP contribution in [0.2, 0.25) is 0 Å². The number of ether oxygens (including phenoxy) is 2. The number of rotatable bonds is 5. The Balaban J connectivity index is 1.67. The topological polar surface area (TPSA) is 66.0 Å². The van der Waals surface area contributed by atoms with Crippen LogP contribution in [0.3, 0.4) is 0 Å². The van der Waals surface area contributed by atoms with Gasteiger partial charge in [-0.25, -0.2) is 0 Å². The van der Waals surface area contributed by atoms with Crippen LogP contribution >= 0.6 is 0 Å². The predicted octanol–water partition coefficient (Wildman–Crippen LogP) is 1.81. The molecule has 0 spiro atoms. The lowest BCUT2D eigenvalue weighted by Crippen LogP contribution is -2.37. The van der Waals surface area contributed by atoms with Gasteiger partial charge in [-0.15, -0.1) is 5.10 Å². The molecule has 23 heavy (non-hydrogen) atoms. The van der Waals surface area contributed by atoms with Crippen molar-refractivity contribution >= 4 is 12.0 Å². The van der Waals surface area contributed by atoms with Crippen molar-refractivity contribution in [3.8, 4) is 5.88 Å². The summed E-state index contributed by atoms with van der Waals surface area (Å²) in [6.45, 7) is -0.469. The molecule has 7 nitrogen and oxygen atoms in total. The highest BCUT2D eigenvalue weighted by Gasteiger charge is 2.24. The van der Waals surface area contributed by atoms with Crippen molar-refractivity contribution < 1.29 is 18.3 Å². The van der Waals surface area contributed by atoms with E-state index in [9.17, 15) is 8.78 Å². The number of aliphatic imine (C=N–C) groups is 1. The van der Waals surface area contributed by atoms with Gasteiger partial charge in [0.25, 0.3) is 0 Å². The molecule has 0 unspecified atom stereocenters. The van der Waals surface area contributed by atoms with Gasteiger partial charge in [0.05, 0.1) is 12.7 Å². The number of halogens is 2. The van der Waals surface area contributed by atoms with Crippen LogP contribution in [0.1, 0.15) is 12.8 Å². The van der Waals surface area contributed by atoms with Crippen molar-refractivity contribution in [2.45, 2.75) is 25.6 Å². The molecule has 3 heterocycles. The third-order valence-corrected chi connectivity index (χ3v) is 3.82. The molecule has 1 fully saturated rings. The Morgan fingerprint density at radius 2 is 2.13 bits per heavy atom. The van der Waals surface area contributed by atoms with Gasteiger partial charge in [-0.05, 0) is 19.9 Å². The van der Waals surface area contributed by atoms with Crippen molar-refractivity contribution in [3.05, 3.63) is 18.1 Å². The first kappa shape index (κ1) is 15.7. The van der Waals surface area contributed by atoms with Gasteiger partial charge in [0.15, 0.2) is 0 Å². The number of hydrogen-bond donors (Lipinski definition) is 1. The summed E-state index contributed by atoms with van der Waals surface area (Å²) in [6.07, 6.45) is 5.32. The number of nitrogens with one attached hydrogen (secondary N) is 1. The minimum absolute atomic E-state index is 0.118. The average Bonchev–Trinajstić information content (AvgIpc) is 2.97. The molecule has 2 aliphatic rings. The lowest BCUT2D eigenvalue weighted by molar-refractivity contribution is -0.0528. The average molecular weight is 327 g/mol. The second-order valence-electron chi connectivity index (χ2n) is 5.50. The lowest BCUT2D eigenvalue weighted by Gasteiger charge is -2.33. The van der Waals surface area contributed by atoms with Crippen molar-refractivity contribution in [2.24, 2.45) is 4.99 Å². The summed E-state index contributed by atoms with van der Waals surface area (Å²) < 4.78 is 34.8. The first-order valence-corrected chi connectivity index (χ1v) is 7.46. The number of hydrogen-bond acceptors (Lipinski definition) is 6. The van der Waals surface area contributed by atoms with Gasteiger partial charge in [-0.2, -0.15) is 8.78 Å². The van der Waals surface area contributed by atoms with Crippen LogP contribution in [-0.2, 0) is 4.74 Å². The van der Waals surface area contributed by atoms with Gasteiger partial charge in [0, 0.05) is 25.4 Å². The molecule has 0 atom stereocenters. The molecule has 0 bridgehead atoms. The van der Waals surface area contributed by atoms with Gasteiger partial charge in [-0.3, -0.25) is 15.0 Å². The fourth-order valence-corrected chi connectivity index (χ4v) is 2.57. The van der Waals surface area contributed by atoms with Crippen LogP contribution in [0, 0.1) is 0 Å². The normalized spacial score (nSPS) is 20.0. The molecule has 1 saturated heterocycles. The molecule has 1 N–H and O–H groups in total. The zero-order chi connectivity index (χ0) is 16.2. The van der Waals surface area contributed by atoms with Gasteiger partial charge >= 0.3 is 6.61 Å². The summed E-state index contributed by atoms with van der Waals surface area (Å²) >= 11 is 0. The maximum atomic E-state index is 12.2. The summed E-state index contributed by atoms with van der Waals surface area (Å²) in [4.78, 5) is 8.17. The van der Waals surface area contributed by atoms with E-state index < -0.39 is 6.61 Å². The molecule has 126 valence electrons. The number of piperidine rings is 1. The van der Waals surface area contributed by atoms with Gasteiger partial charge in [0.2, 0.25) is 11.8 Å². The Kier molecular flexibility index (Phi) is 4.75. The minimum atomic E-state index is -2.90. The molecule has 0 radical (unpaired) electrons. The molecule has 2 aliphatic heterocycles. The standard InChI is InChI=1S/C14H19F2N5O2/c1-20-5-2-10(3-6-20)22-13-9-17-4-7-21(13)11-8-12(19-18-11)23-14(15)16/h4,8-10,14H,2-3,5-7H2,1H3,(H,18,19). The van der Waals surface area contributed by atoms with Crippen LogP contribution in [0.4, 0.5) is 14.6 Å². The molecule has 0 aliphatic carbocycles. The third kappa shape index (κ3) is 3.98. The second-order valence-corrected chi connectivity index (χ2v) is 5.50. The van der Waals surface area contributed by atoms with Crippen LogP contribution in [-0.4, -0.2) is 60.7 Å². The Labute approximate surface area is 132 Å². The summed E-state index contributed by atoms with van der Waals surface area (Å²) in [7, 11) is 2.09. The molecule has 0 amide bonds. The maximum Gasteiger partial charge on any atom is 0.388 e. The highest BCUT2D eigenvalue weighted by atomic mass is 19.3. The zero-order valence-corrected chi connectivity index (χ0v) is 12.8. The first-order valence-electron chi connectivity index (χ1n) is 7.46. The molecule has 0 saturated carbocycles. The third-order valence-electron chi connectivity index (χ3n) is 3.82. The van der Waals surface area contributed by atoms with E-state index in [1.54, 1.807) is 17.3 Å². The number of nitrogens with zero attached hydrogens (tertiary/aromatic N) is 4. The van der Waals surface area contributed by atoms with Crippen molar-refractivity contribution in [1.82, 2.24) is 15.1 Å². The smallest absolute Gasteiger partial charge is 0.388 e. The zero-order valence-electron chi connectivity index (χ0n) is 12.8. The molecule has 0 aromatic carbocycles. The quantitative estimate of drug-likeness (QED) is 0.893. The number of likely N-dealkylation sites (tertiary alicyclic amines) is 1. The minimum Gasteiger partial charge on any atom is -0.474 e. The maximum absolute atomic E-state index is 12.2. The monoisotopic (exact) mass is 327 g/mol. The van der Waals surface area contributed by atoms with Crippen LogP contribution in [0.15, 0.2) is 23.1 Å². The summed E-state index contributed by atoms with van der Waals surface area (Å²) in [5.74, 6) is 0.941. The summed E-state index contributed by atoms with van der Waals surface area (Å²) in [5.41, 5.74) is 0. The van der Waals surface area contributed by atoms with E-state index in [2.05, 4.69) is 31.9 Å². The predicted molar refractivity (Wildman–Crippen MR) is 80.7 cm³/mol. The van der Waals surface area contributed by atoms with Crippen LogP contribution in [0.5, 0.6) is 5.88 Å². The van der Waals surface area contributed by atoms with Gasteiger partial charge in [0.1, 0.15) is 11.9 Å². The Morgan fingerprint density at radius 3 is 2.87 bits per heavy atom. The molecule has 9 heteroatoms. The highest BCUT2D eigenvalue weighted by Crippen LogP contribution is 2.26. The van der Waals surface area contributed by atoms with E-state index >= 15 is 0 Å². The Hall–Kier alpha value is -2.16. The van der Waals surface area contributed by atoms with Crippen molar-refractivity contribution in [2.75, 3.05) is 31.6 Å². The molecular formula is C14H19F2N5O2. The fraction of sp³-hybridized carbons (Fsp3) is 0.571. The molecule has 1 aromatic heterocycles. The number of anilines is 1. The van der Waals surface area contributed by atoms with E-state index in [-0.39, 0.29) is 12.0 Å². The van der Waals surface area contributed by atoms with E-state index in [4.69, 9.17) is 4.74 Å². The highest BCUT2D eigenvalue weighted by molar-refractivity contribution is 5.69. The molecular weight excluding hydrogens is 308 g/mol. The van der Waals surface area contributed by atoms with Crippen molar-refractivity contribution in [3.63, 3.8) is 0 Å².